The normalized spacial score (nSPS) is 15.6. The van der Waals surface area contributed by atoms with Crippen molar-refractivity contribution in [2.75, 3.05) is 26.2 Å². The third kappa shape index (κ3) is 3.88. The van der Waals surface area contributed by atoms with Gasteiger partial charge in [-0.15, -0.1) is 0 Å². The number of halogens is 1. The molecule has 0 spiro atoms. The van der Waals surface area contributed by atoms with Crippen molar-refractivity contribution in [2.45, 2.75) is 11.3 Å². The molecular formula is C22H21FN2O3S. The van der Waals surface area contributed by atoms with E-state index in [0.717, 1.165) is 22.4 Å². The molecule has 0 aliphatic carbocycles. The molecule has 29 heavy (non-hydrogen) atoms. The van der Waals surface area contributed by atoms with E-state index >= 15 is 0 Å². The van der Waals surface area contributed by atoms with Gasteiger partial charge in [0, 0.05) is 26.2 Å². The summed E-state index contributed by atoms with van der Waals surface area (Å²) < 4.78 is 40.6. The Morgan fingerprint density at radius 1 is 0.862 bits per heavy atom. The first kappa shape index (κ1) is 19.5. The maximum absolute atomic E-state index is 13.9. The van der Waals surface area contributed by atoms with Crippen molar-refractivity contribution in [3.8, 4) is 0 Å². The second kappa shape index (κ2) is 7.93. The summed E-state index contributed by atoms with van der Waals surface area (Å²) in [5.74, 6) is -0.800. The molecule has 0 atom stereocenters. The van der Waals surface area contributed by atoms with E-state index in [-0.39, 0.29) is 43.4 Å². The molecule has 3 aromatic rings. The van der Waals surface area contributed by atoms with Crippen LogP contribution in [0.2, 0.25) is 0 Å². The molecule has 1 saturated heterocycles. The topological polar surface area (TPSA) is 57.7 Å². The third-order valence-corrected chi connectivity index (χ3v) is 7.20. The summed E-state index contributed by atoms with van der Waals surface area (Å²) in [5.41, 5.74) is 0.953. The van der Waals surface area contributed by atoms with Crippen molar-refractivity contribution >= 4 is 26.7 Å². The summed E-state index contributed by atoms with van der Waals surface area (Å²) in [6.45, 7) is 0.879. The van der Waals surface area contributed by atoms with E-state index < -0.39 is 15.8 Å². The summed E-state index contributed by atoms with van der Waals surface area (Å²) in [7, 11) is -3.91. The van der Waals surface area contributed by atoms with Gasteiger partial charge in [-0.1, -0.05) is 54.6 Å². The number of piperazine rings is 1. The highest BCUT2D eigenvalue weighted by molar-refractivity contribution is 7.89. The molecular weight excluding hydrogens is 391 g/mol. The van der Waals surface area contributed by atoms with Crippen LogP contribution in [-0.2, 0) is 21.2 Å². The number of hydrogen-bond donors (Lipinski definition) is 0. The van der Waals surface area contributed by atoms with Gasteiger partial charge in [0.25, 0.3) is 0 Å². The second-order valence-corrected chi connectivity index (χ2v) is 8.94. The van der Waals surface area contributed by atoms with Crippen LogP contribution in [0.5, 0.6) is 0 Å². The van der Waals surface area contributed by atoms with Gasteiger partial charge >= 0.3 is 0 Å². The molecule has 1 aliphatic rings. The molecule has 7 heteroatoms. The summed E-state index contributed by atoms with van der Waals surface area (Å²) in [6.07, 6.45) is 0.265. The van der Waals surface area contributed by atoms with Crippen LogP contribution in [0.4, 0.5) is 4.39 Å². The number of sulfonamides is 1. The van der Waals surface area contributed by atoms with Crippen LogP contribution >= 0.6 is 0 Å². The Bertz CT molecular complexity index is 1150. The molecule has 0 bridgehead atoms. The zero-order chi connectivity index (χ0) is 20.4. The molecule has 150 valence electrons. The van der Waals surface area contributed by atoms with Crippen molar-refractivity contribution in [3.63, 3.8) is 0 Å². The Labute approximate surface area is 169 Å². The molecule has 0 saturated carbocycles. The van der Waals surface area contributed by atoms with E-state index in [9.17, 15) is 17.6 Å². The quantitative estimate of drug-likeness (QED) is 0.662. The van der Waals surface area contributed by atoms with Crippen LogP contribution in [0.1, 0.15) is 5.56 Å². The predicted molar refractivity (Wildman–Crippen MR) is 109 cm³/mol. The van der Waals surface area contributed by atoms with Crippen LogP contribution < -0.4 is 0 Å². The number of amides is 1. The first-order valence-corrected chi connectivity index (χ1v) is 10.9. The summed E-state index contributed by atoms with van der Waals surface area (Å²) in [5, 5.41) is 2.13. The van der Waals surface area contributed by atoms with E-state index in [0.29, 0.717) is 0 Å². The molecule has 0 unspecified atom stereocenters. The van der Waals surface area contributed by atoms with Gasteiger partial charge in [0.1, 0.15) is 10.7 Å². The minimum Gasteiger partial charge on any atom is -0.340 e. The largest absolute Gasteiger partial charge is 0.340 e. The van der Waals surface area contributed by atoms with Crippen molar-refractivity contribution in [1.29, 1.82) is 0 Å². The van der Waals surface area contributed by atoms with Gasteiger partial charge in [-0.2, -0.15) is 4.31 Å². The lowest BCUT2D eigenvalue weighted by molar-refractivity contribution is -0.131. The first-order valence-electron chi connectivity index (χ1n) is 9.46. The van der Waals surface area contributed by atoms with Gasteiger partial charge in [0.15, 0.2) is 0 Å². The number of rotatable bonds is 4. The Hall–Kier alpha value is -2.77. The molecule has 1 amide bonds. The number of fused-ring (bicyclic) bond motifs is 1. The molecule has 3 aromatic carbocycles. The first-order chi connectivity index (χ1) is 14.0. The van der Waals surface area contributed by atoms with Crippen molar-refractivity contribution in [1.82, 2.24) is 9.21 Å². The van der Waals surface area contributed by atoms with Crippen LogP contribution in [0.25, 0.3) is 10.8 Å². The van der Waals surface area contributed by atoms with E-state index in [2.05, 4.69) is 0 Å². The fourth-order valence-corrected chi connectivity index (χ4v) is 5.18. The number of benzene rings is 3. The number of hydrogen-bond acceptors (Lipinski definition) is 3. The number of carbonyl (C=O) groups excluding carboxylic acids is 1. The van der Waals surface area contributed by atoms with Gasteiger partial charge < -0.3 is 4.90 Å². The van der Waals surface area contributed by atoms with Crippen LogP contribution in [0.3, 0.4) is 0 Å². The highest BCUT2D eigenvalue weighted by Gasteiger charge is 2.31. The van der Waals surface area contributed by atoms with E-state index in [4.69, 9.17) is 0 Å². The minimum atomic E-state index is -3.91. The monoisotopic (exact) mass is 412 g/mol. The SMILES string of the molecule is O=C(Cc1cccc2ccccc12)N1CCN(S(=O)(=O)c2ccccc2F)CC1. The Kier molecular flexibility index (Phi) is 5.34. The molecule has 5 nitrogen and oxygen atoms in total. The lowest BCUT2D eigenvalue weighted by Crippen LogP contribution is -2.51. The van der Waals surface area contributed by atoms with Crippen LogP contribution in [-0.4, -0.2) is 49.7 Å². The maximum atomic E-state index is 13.9. The molecule has 0 radical (unpaired) electrons. The van der Waals surface area contributed by atoms with E-state index in [1.165, 1.54) is 22.5 Å². The molecule has 1 aliphatic heterocycles. The highest BCUT2D eigenvalue weighted by atomic mass is 32.2. The van der Waals surface area contributed by atoms with Gasteiger partial charge in [-0.3, -0.25) is 4.79 Å². The fraction of sp³-hybridized carbons (Fsp3) is 0.227. The molecule has 1 fully saturated rings. The average Bonchev–Trinajstić information content (AvgIpc) is 2.74. The van der Waals surface area contributed by atoms with Crippen molar-refractivity contribution in [3.05, 3.63) is 78.1 Å². The summed E-state index contributed by atoms with van der Waals surface area (Å²) in [4.78, 5) is 14.1. The fourth-order valence-electron chi connectivity index (χ4n) is 3.69. The molecule has 1 heterocycles. The molecule has 4 rings (SSSR count). The number of carbonyl (C=O) groups is 1. The second-order valence-electron chi connectivity index (χ2n) is 7.03. The standard InChI is InChI=1S/C22H21FN2O3S/c23-20-10-3-4-11-21(20)29(27,28)25-14-12-24(13-15-25)22(26)16-18-8-5-7-17-6-1-2-9-19(17)18/h1-11H,12-16H2. The smallest absolute Gasteiger partial charge is 0.246 e. The van der Waals surface area contributed by atoms with Gasteiger partial charge in [-0.25, -0.2) is 12.8 Å². The maximum Gasteiger partial charge on any atom is 0.246 e. The van der Waals surface area contributed by atoms with Crippen LogP contribution in [0.15, 0.2) is 71.6 Å². The summed E-state index contributed by atoms with van der Waals surface area (Å²) >= 11 is 0. The number of nitrogens with zero attached hydrogens (tertiary/aromatic N) is 2. The van der Waals surface area contributed by atoms with E-state index in [1.807, 2.05) is 42.5 Å². The average molecular weight is 412 g/mol. The lowest BCUT2D eigenvalue weighted by Gasteiger charge is -2.34. The highest BCUT2D eigenvalue weighted by Crippen LogP contribution is 2.22. The van der Waals surface area contributed by atoms with E-state index in [1.54, 1.807) is 4.90 Å². The summed E-state index contributed by atoms with van der Waals surface area (Å²) in [6, 6.07) is 19.2. The van der Waals surface area contributed by atoms with Gasteiger partial charge in [0.05, 0.1) is 6.42 Å². The Balaban J connectivity index is 1.44. The van der Waals surface area contributed by atoms with Crippen LogP contribution in [0, 0.1) is 5.82 Å². The van der Waals surface area contributed by atoms with Gasteiger partial charge in [-0.05, 0) is 28.5 Å². The Morgan fingerprint density at radius 2 is 1.52 bits per heavy atom. The zero-order valence-corrected chi connectivity index (χ0v) is 16.6. The van der Waals surface area contributed by atoms with Gasteiger partial charge in [0.2, 0.25) is 15.9 Å². The minimum absolute atomic E-state index is 0.0377. The van der Waals surface area contributed by atoms with Crippen molar-refractivity contribution in [2.24, 2.45) is 0 Å². The van der Waals surface area contributed by atoms with Crippen molar-refractivity contribution < 1.29 is 17.6 Å². The molecule has 0 aromatic heterocycles. The Morgan fingerprint density at radius 3 is 2.28 bits per heavy atom. The predicted octanol–water partition coefficient (Wildman–Crippen LogP) is 3.05. The third-order valence-electron chi connectivity index (χ3n) is 5.27. The lowest BCUT2D eigenvalue weighted by atomic mass is 10.0. The zero-order valence-electron chi connectivity index (χ0n) is 15.8. The molecule has 0 N–H and O–H groups in total.